The van der Waals surface area contributed by atoms with Crippen LogP contribution >= 0.6 is 0 Å². The van der Waals surface area contributed by atoms with Crippen molar-refractivity contribution in [3.8, 4) is 0 Å². The molecule has 1 aliphatic carbocycles. The molecule has 1 spiro atoms. The molecule has 3 aliphatic rings. The number of amides is 1. The second-order valence-electron chi connectivity index (χ2n) is 10.9. The number of piperidine rings is 1. The number of aromatic nitrogens is 2. The summed E-state index contributed by atoms with van der Waals surface area (Å²) in [6.07, 6.45) is 4.38. The fraction of sp³-hybridized carbons (Fsp3) is 0.783. The largest absolute Gasteiger partial charge is 0.379 e. The second-order valence-corrected chi connectivity index (χ2v) is 10.9. The van der Waals surface area contributed by atoms with Gasteiger partial charge in [0.1, 0.15) is 5.78 Å². The molecule has 0 bridgehead atoms. The monoisotopic (exact) mass is 418 g/mol. The van der Waals surface area contributed by atoms with E-state index in [1.54, 1.807) is 7.11 Å². The average molecular weight is 419 g/mol. The maximum absolute atomic E-state index is 11.8. The van der Waals surface area contributed by atoms with Gasteiger partial charge in [-0.3, -0.25) is 14.3 Å². The predicted molar refractivity (Wildman–Crippen MR) is 118 cm³/mol. The zero-order valence-corrected chi connectivity index (χ0v) is 19.7. The SMILES string of the molecule is COC(C)(C)C.Cc1cc(N2CCC(=O)CC2(C)C)nn1C1CC2(C1)CN(C=O)C2. The third-order valence-corrected chi connectivity index (χ3v) is 6.68. The van der Waals surface area contributed by atoms with Crippen LogP contribution in [0.2, 0.25) is 0 Å². The lowest BCUT2D eigenvalue weighted by atomic mass is 9.61. The Morgan fingerprint density at radius 3 is 2.33 bits per heavy atom. The number of Topliss-reactive ketones (excluding diaryl/α,β-unsaturated/α-hetero) is 1. The van der Waals surface area contributed by atoms with Gasteiger partial charge in [-0.1, -0.05) is 0 Å². The first-order valence-electron chi connectivity index (χ1n) is 11.0. The number of aryl methyl sites for hydroxylation is 1. The minimum atomic E-state index is -0.166. The van der Waals surface area contributed by atoms with Gasteiger partial charge in [-0.2, -0.15) is 5.10 Å². The first-order chi connectivity index (χ1) is 13.9. The minimum Gasteiger partial charge on any atom is -0.379 e. The summed E-state index contributed by atoms with van der Waals surface area (Å²) < 4.78 is 7.10. The Kier molecular flexibility index (Phi) is 6.07. The number of hydrogen-bond acceptors (Lipinski definition) is 5. The Labute approximate surface area is 180 Å². The summed E-state index contributed by atoms with van der Waals surface area (Å²) in [5, 5.41) is 4.89. The van der Waals surface area contributed by atoms with Crippen molar-refractivity contribution in [3.05, 3.63) is 11.8 Å². The van der Waals surface area contributed by atoms with Gasteiger partial charge >= 0.3 is 0 Å². The summed E-state index contributed by atoms with van der Waals surface area (Å²) in [4.78, 5) is 26.7. The molecule has 1 amide bonds. The molecule has 30 heavy (non-hydrogen) atoms. The van der Waals surface area contributed by atoms with Crippen LogP contribution in [-0.4, -0.2) is 64.8 Å². The fourth-order valence-electron chi connectivity index (χ4n) is 4.86. The summed E-state index contributed by atoms with van der Waals surface area (Å²) in [7, 11) is 1.71. The van der Waals surface area contributed by atoms with Gasteiger partial charge in [0.15, 0.2) is 5.82 Å². The van der Waals surface area contributed by atoms with E-state index in [4.69, 9.17) is 9.84 Å². The number of rotatable bonds is 3. The number of hydrogen-bond donors (Lipinski definition) is 0. The van der Waals surface area contributed by atoms with Crippen LogP contribution in [0.25, 0.3) is 0 Å². The van der Waals surface area contributed by atoms with E-state index in [0.29, 0.717) is 30.1 Å². The third-order valence-electron chi connectivity index (χ3n) is 6.68. The highest BCUT2D eigenvalue weighted by molar-refractivity contribution is 5.82. The average Bonchev–Trinajstić information content (AvgIpc) is 2.93. The Balaban J connectivity index is 0.000000377. The Hall–Kier alpha value is -1.89. The molecule has 3 heterocycles. The summed E-state index contributed by atoms with van der Waals surface area (Å²) in [5.74, 6) is 1.34. The normalized spacial score (nSPS) is 22.8. The maximum Gasteiger partial charge on any atom is 0.209 e. The maximum atomic E-state index is 11.8. The van der Waals surface area contributed by atoms with Crippen molar-refractivity contribution in [2.45, 2.75) is 84.4 Å². The third kappa shape index (κ3) is 4.71. The Bertz CT molecular complexity index is 779. The van der Waals surface area contributed by atoms with Gasteiger partial charge in [0.05, 0.1) is 11.6 Å². The zero-order valence-electron chi connectivity index (χ0n) is 19.7. The van der Waals surface area contributed by atoms with Crippen LogP contribution in [0.1, 0.15) is 72.0 Å². The van der Waals surface area contributed by atoms with Crippen molar-refractivity contribution in [3.63, 3.8) is 0 Å². The minimum absolute atomic E-state index is 0.0417. The van der Waals surface area contributed by atoms with Crippen LogP contribution in [0.4, 0.5) is 5.82 Å². The molecule has 0 aromatic carbocycles. The zero-order chi connectivity index (χ0) is 22.3. The number of anilines is 1. The van der Waals surface area contributed by atoms with Gasteiger partial charge in [0.25, 0.3) is 0 Å². The molecule has 3 fully saturated rings. The molecule has 0 atom stereocenters. The summed E-state index contributed by atoms with van der Waals surface area (Å²) in [5.41, 5.74) is 1.41. The van der Waals surface area contributed by atoms with E-state index in [9.17, 15) is 9.59 Å². The molecule has 168 valence electrons. The van der Waals surface area contributed by atoms with Gasteiger partial charge in [-0.05, 0) is 54.4 Å². The molecule has 1 saturated carbocycles. The van der Waals surface area contributed by atoms with E-state index < -0.39 is 0 Å². The fourth-order valence-corrected chi connectivity index (χ4v) is 4.86. The quantitative estimate of drug-likeness (QED) is 0.704. The van der Waals surface area contributed by atoms with Crippen molar-refractivity contribution in [2.24, 2.45) is 5.41 Å². The number of likely N-dealkylation sites (tertiary alicyclic amines) is 1. The van der Waals surface area contributed by atoms with Crippen LogP contribution < -0.4 is 4.90 Å². The van der Waals surface area contributed by atoms with Crippen LogP contribution in [0.15, 0.2) is 6.07 Å². The van der Waals surface area contributed by atoms with Crippen LogP contribution in [-0.2, 0) is 14.3 Å². The lowest BCUT2D eigenvalue weighted by molar-refractivity contribution is -0.140. The number of ether oxygens (including phenoxy) is 1. The van der Waals surface area contributed by atoms with Gasteiger partial charge in [0, 0.05) is 62.3 Å². The highest BCUT2D eigenvalue weighted by Crippen LogP contribution is 2.54. The molecule has 2 saturated heterocycles. The molecule has 0 radical (unpaired) electrons. The smallest absolute Gasteiger partial charge is 0.209 e. The number of methoxy groups -OCH3 is 1. The Morgan fingerprint density at radius 1 is 1.23 bits per heavy atom. The molecule has 7 nitrogen and oxygen atoms in total. The van der Waals surface area contributed by atoms with E-state index in [-0.39, 0.29) is 11.1 Å². The topological polar surface area (TPSA) is 67.7 Å². The number of carbonyl (C=O) groups is 2. The van der Waals surface area contributed by atoms with E-state index >= 15 is 0 Å². The molecular formula is C23H38N4O3. The van der Waals surface area contributed by atoms with Crippen molar-refractivity contribution < 1.29 is 14.3 Å². The van der Waals surface area contributed by atoms with Crippen LogP contribution in [0.5, 0.6) is 0 Å². The van der Waals surface area contributed by atoms with Gasteiger partial charge in [-0.15, -0.1) is 0 Å². The standard InChI is InChI=1S/C18H26N4O2.C5H12O/c1-13-6-16(21-5-4-15(24)9-17(21,2)3)19-22(13)14-7-18(8-14)10-20(11-18)12-23;1-5(2,3)6-4/h6,12,14H,4-5,7-11H2,1-3H3;1-4H3. The van der Waals surface area contributed by atoms with Gasteiger partial charge in [0.2, 0.25) is 6.41 Å². The number of carbonyl (C=O) groups excluding carboxylic acids is 2. The van der Waals surface area contributed by atoms with Crippen molar-refractivity contribution in [1.82, 2.24) is 14.7 Å². The van der Waals surface area contributed by atoms with E-state index in [0.717, 1.165) is 44.7 Å². The molecule has 1 aromatic heterocycles. The predicted octanol–water partition coefficient (Wildman–Crippen LogP) is 3.36. The van der Waals surface area contributed by atoms with E-state index in [1.807, 2.05) is 25.7 Å². The first-order valence-corrected chi connectivity index (χ1v) is 11.0. The highest BCUT2D eigenvalue weighted by atomic mass is 16.5. The molecule has 4 rings (SSSR count). The number of nitrogens with zero attached hydrogens (tertiary/aromatic N) is 4. The molecule has 2 aliphatic heterocycles. The lowest BCUT2D eigenvalue weighted by Crippen LogP contribution is -2.61. The van der Waals surface area contributed by atoms with Crippen LogP contribution in [0, 0.1) is 12.3 Å². The highest BCUT2D eigenvalue weighted by Gasteiger charge is 2.53. The second kappa shape index (κ2) is 7.98. The molecule has 0 unspecified atom stereocenters. The molecular weight excluding hydrogens is 380 g/mol. The Morgan fingerprint density at radius 2 is 1.83 bits per heavy atom. The number of ketones is 1. The van der Waals surface area contributed by atoms with Crippen molar-refractivity contribution in [2.75, 3.05) is 31.6 Å². The van der Waals surface area contributed by atoms with Crippen molar-refractivity contribution in [1.29, 1.82) is 0 Å². The van der Waals surface area contributed by atoms with E-state index in [1.165, 1.54) is 5.69 Å². The summed E-state index contributed by atoms with van der Waals surface area (Å²) in [6.45, 7) is 15.0. The molecule has 0 N–H and O–H groups in total. The van der Waals surface area contributed by atoms with Gasteiger partial charge < -0.3 is 14.5 Å². The summed E-state index contributed by atoms with van der Waals surface area (Å²) in [6, 6.07) is 2.60. The van der Waals surface area contributed by atoms with E-state index in [2.05, 4.69) is 36.4 Å². The van der Waals surface area contributed by atoms with Crippen molar-refractivity contribution >= 4 is 18.0 Å². The molecule has 1 aromatic rings. The molecule has 7 heteroatoms. The van der Waals surface area contributed by atoms with Gasteiger partial charge in [-0.25, -0.2) is 0 Å². The first kappa shape index (κ1) is 22.8. The summed E-state index contributed by atoms with van der Waals surface area (Å²) >= 11 is 0. The van der Waals surface area contributed by atoms with Crippen LogP contribution in [0.3, 0.4) is 0 Å². The lowest BCUT2D eigenvalue weighted by Gasteiger charge is -2.58.